The van der Waals surface area contributed by atoms with E-state index < -0.39 is 17.6 Å². The zero-order chi connectivity index (χ0) is 50.3. The van der Waals surface area contributed by atoms with Crippen LogP contribution < -0.4 is 5.32 Å². The predicted octanol–water partition coefficient (Wildman–Crippen LogP) is 9.24. The van der Waals surface area contributed by atoms with Gasteiger partial charge in [0, 0.05) is 89.8 Å². The van der Waals surface area contributed by atoms with Gasteiger partial charge < -0.3 is 34.7 Å². The Bertz CT molecular complexity index is 2870. The minimum absolute atomic E-state index is 0. The molecule has 1 unspecified atom stereocenters. The third-order valence-corrected chi connectivity index (χ3v) is 17.2. The number of ether oxygens (including phenoxy) is 1. The number of piperidine rings is 2. The predicted molar refractivity (Wildman–Crippen MR) is 281 cm³/mol. The number of allylic oxidation sites excluding steroid dienone is 2. The standard InChI is InChI=1S/C57H71F2N9O4.Mo/c1-6-42-47(58)12-10-39-26-41(70)28-45(49(39)42)52-50(59)53(46(31-62-52)54(60-3)68-20-13-36(2)32-68)63-35-72-34-57(16-17-57)33-66-23-18-56(19-24-66)29-40(30-56)67-21-14-37(15-22-67)38-9-11-43-48(27-38)65(5)64-51(43)44(8-7-25-69)55(71)61-4;/h9-12,25-28,31,36-37,40,44,70H,3,6-8,13-24,29-30,32-35H2,1-2,4-5H3,(H,61,71);/b54-46+,63-53+;/t36-,44?;/m0./s1. The second kappa shape index (κ2) is 22.1. The van der Waals surface area contributed by atoms with Gasteiger partial charge in [-0.15, -0.1) is 0 Å². The van der Waals surface area contributed by atoms with E-state index in [2.05, 4.69) is 61.8 Å². The number of amides is 1. The summed E-state index contributed by atoms with van der Waals surface area (Å²) in [4.78, 5) is 45.2. The number of fused-ring (bicyclic) bond motifs is 2. The quantitative estimate of drug-likeness (QED) is 0.0462. The van der Waals surface area contributed by atoms with Crippen LogP contribution in [0.1, 0.15) is 119 Å². The van der Waals surface area contributed by atoms with Gasteiger partial charge in [-0.3, -0.25) is 19.5 Å². The summed E-state index contributed by atoms with van der Waals surface area (Å²) >= 11 is 0. The molecule has 3 saturated heterocycles. The van der Waals surface area contributed by atoms with Crippen molar-refractivity contribution < 1.29 is 49.3 Å². The van der Waals surface area contributed by atoms with E-state index in [1.165, 1.54) is 43.4 Å². The fourth-order valence-corrected chi connectivity index (χ4v) is 12.9. The van der Waals surface area contributed by atoms with E-state index in [1.807, 2.05) is 18.7 Å². The Morgan fingerprint density at radius 2 is 1.81 bits per heavy atom. The molecule has 3 aromatic carbocycles. The number of aromatic nitrogens is 2. The summed E-state index contributed by atoms with van der Waals surface area (Å²) < 4.78 is 40.6. The topological polar surface area (TPSA) is 140 Å². The minimum atomic E-state index is -0.675. The molecule has 2 N–H and O–H groups in total. The third-order valence-electron chi connectivity index (χ3n) is 17.2. The van der Waals surface area contributed by atoms with Gasteiger partial charge in [-0.2, -0.15) is 5.10 Å². The number of hydrogen-bond acceptors (Lipinski definition) is 11. The maximum atomic E-state index is 17.2. The Balaban J connectivity index is 0.00000656. The minimum Gasteiger partial charge on any atom is -0.508 e. The summed E-state index contributed by atoms with van der Waals surface area (Å²) in [5.41, 5.74) is 4.84. The van der Waals surface area contributed by atoms with E-state index in [9.17, 15) is 14.7 Å². The number of likely N-dealkylation sites (tertiary alicyclic amines) is 3. The van der Waals surface area contributed by atoms with Gasteiger partial charge in [0.1, 0.15) is 41.8 Å². The number of aldehydes is 1. The summed E-state index contributed by atoms with van der Waals surface area (Å²) in [6.45, 7) is 15.3. The van der Waals surface area contributed by atoms with E-state index in [0.29, 0.717) is 82.5 Å². The van der Waals surface area contributed by atoms with Crippen LogP contribution in [0.2, 0.25) is 0 Å². The number of likely N-dealkylation sites (N-methyl/N-ethyl adjacent to an activating group) is 1. The molecule has 1 aromatic heterocycles. The number of phenolic OH excluding ortho intramolecular Hbond substituents is 1. The van der Waals surface area contributed by atoms with Crippen molar-refractivity contribution in [3.63, 3.8) is 0 Å². The number of carbonyl (C=O) groups is 2. The Hall–Kier alpha value is -4.95. The number of rotatable bonds is 17. The molecule has 2 atom stereocenters. The first kappa shape index (κ1) is 52.9. The molecule has 388 valence electrons. The van der Waals surface area contributed by atoms with Crippen molar-refractivity contribution in [3.8, 4) is 5.75 Å². The number of nitrogens with one attached hydrogen (secondary N) is 1. The monoisotopic (exact) mass is 1080 g/mol. The number of nitrogens with zero attached hydrogens (tertiary/aromatic N) is 8. The van der Waals surface area contributed by atoms with E-state index in [4.69, 9.17) is 14.8 Å². The molecule has 0 bridgehead atoms. The van der Waals surface area contributed by atoms with Crippen LogP contribution >= 0.6 is 0 Å². The molecule has 10 rings (SSSR count). The first-order valence-electron chi connectivity index (χ1n) is 26.4. The van der Waals surface area contributed by atoms with Crippen molar-refractivity contribution in [1.29, 1.82) is 0 Å². The molecule has 4 aliphatic heterocycles. The molecule has 13 nitrogen and oxygen atoms in total. The number of halogens is 2. The Labute approximate surface area is 442 Å². The van der Waals surface area contributed by atoms with Crippen molar-refractivity contribution in [1.82, 2.24) is 29.8 Å². The van der Waals surface area contributed by atoms with Crippen LogP contribution in [0.3, 0.4) is 0 Å². The summed E-state index contributed by atoms with van der Waals surface area (Å²) in [6, 6.07) is 13.3. The zero-order valence-corrected chi connectivity index (χ0v) is 45.0. The number of carbonyl (C=O) groups excluding carboxylic acids is 2. The fourth-order valence-electron chi connectivity index (χ4n) is 12.9. The molecule has 5 fully saturated rings. The third kappa shape index (κ3) is 10.7. The van der Waals surface area contributed by atoms with Gasteiger partial charge in [0.15, 0.2) is 5.83 Å². The van der Waals surface area contributed by atoms with Crippen LogP contribution in [0.4, 0.5) is 8.78 Å². The van der Waals surface area contributed by atoms with Crippen LogP contribution in [0.5, 0.6) is 5.75 Å². The Morgan fingerprint density at radius 3 is 2.48 bits per heavy atom. The van der Waals surface area contributed by atoms with E-state index >= 15 is 8.78 Å². The first-order chi connectivity index (χ1) is 34.9. The zero-order valence-electron chi connectivity index (χ0n) is 43.0. The number of aromatic hydroxyl groups is 1. The summed E-state index contributed by atoms with van der Waals surface area (Å²) in [7, 11) is 3.57. The number of aryl methyl sites for hydroxylation is 2. The maximum absolute atomic E-state index is 17.2. The van der Waals surface area contributed by atoms with E-state index in [0.717, 1.165) is 101 Å². The molecule has 6 aliphatic rings. The van der Waals surface area contributed by atoms with Crippen molar-refractivity contribution >= 4 is 58.2 Å². The normalized spacial score (nSPS) is 23.0. The van der Waals surface area contributed by atoms with Crippen molar-refractivity contribution in [2.24, 2.45) is 38.8 Å². The molecule has 1 amide bonds. The number of phenols is 1. The Morgan fingerprint density at radius 1 is 1.04 bits per heavy atom. The smallest absolute Gasteiger partial charge is 0.228 e. The molecule has 2 saturated carbocycles. The fraction of sp³-hybridized carbons (Fsp3) is 0.544. The van der Waals surface area contributed by atoms with Crippen LogP contribution in [-0.2, 0) is 48.9 Å². The van der Waals surface area contributed by atoms with Crippen LogP contribution in [0.25, 0.3) is 27.4 Å². The van der Waals surface area contributed by atoms with Crippen molar-refractivity contribution in [3.05, 3.63) is 87.9 Å². The molecule has 16 heteroatoms. The van der Waals surface area contributed by atoms with Gasteiger partial charge in [0.05, 0.1) is 29.3 Å². The Kier molecular flexibility index (Phi) is 16.0. The largest absolute Gasteiger partial charge is 0.508 e. The number of hydrogen-bond donors (Lipinski definition) is 2. The SMILES string of the molecule is C=N/C(=C1/C=NC(c2cc(O)cc3ccc(F)c(CC)c23)=C(F)/C1=N/COCC1(CN2CCC3(CC2)CC(N2CCC(c4ccc5c(C(CCC=O)C(=O)NC)nn(C)c5c4)CC2)C3)CC1)N1CC[C@H](C)C1.[Mo]. The van der Waals surface area contributed by atoms with E-state index in [1.54, 1.807) is 25.4 Å². The van der Waals surface area contributed by atoms with Gasteiger partial charge in [0.2, 0.25) is 5.91 Å². The molecule has 0 radical (unpaired) electrons. The maximum Gasteiger partial charge on any atom is 0.228 e. The summed E-state index contributed by atoms with van der Waals surface area (Å²) in [5.74, 6) is -0.239. The molecule has 1 spiro atoms. The van der Waals surface area contributed by atoms with Gasteiger partial charge in [-0.1, -0.05) is 32.0 Å². The molecule has 73 heavy (non-hydrogen) atoms. The average Bonchev–Trinajstić information content (AvgIpc) is 3.88. The average molecular weight is 1080 g/mol. The van der Waals surface area contributed by atoms with Gasteiger partial charge >= 0.3 is 0 Å². The van der Waals surface area contributed by atoms with Gasteiger partial charge in [0.25, 0.3) is 0 Å². The molecular weight excluding hydrogens is 1010 g/mol. The van der Waals surface area contributed by atoms with E-state index in [-0.39, 0.29) is 56.3 Å². The second-order valence-corrected chi connectivity index (χ2v) is 22.0. The van der Waals surface area contributed by atoms with Crippen molar-refractivity contribution in [2.75, 3.05) is 66.2 Å². The molecule has 4 aromatic rings. The summed E-state index contributed by atoms with van der Waals surface area (Å²) in [5, 5.41) is 20.4. The number of aliphatic imine (C=N–C) groups is 3. The molecule has 5 heterocycles. The molecular formula is C57H71F2MoN9O4. The first-order valence-corrected chi connectivity index (χ1v) is 26.4. The summed E-state index contributed by atoms with van der Waals surface area (Å²) in [6.07, 6.45) is 14.0. The van der Waals surface area contributed by atoms with Crippen LogP contribution in [0.15, 0.2) is 74.7 Å². The second-order valence-electron chi connectivity index (χ2n) is 22.0. The van der Waals surface area contributed by atoms with Gasteiger partial charge in [-0.05, 0) is 167 Å². The van der Waals surface area contributed by atoms with Crippen LogP contribution in [-0.4, -0.2) is 133 Å². The van der Waals surface area contributed by atoms with Gasteiger partial charge in [-0.25, -0.2) is 13.8 Å². The molecule has 2 aliphatic carbocycles. The number of benzene rings is 3. The van der Waals surface area contributed by atoms with Crippen LogP contribution in [0, 0.1) is 22.6 Å². The van der Waals surface area contributed by atoms with Crippen molar-refractivity contribution in [2.45, 2.75) is 109 Å².